The Kier molecular flexibility index (Phi) is 7.28. The summed E-state index contributed by atoms with van der Waals surface area (Å²) in [5, 5.41) is 11.5. The van der Waals surface area contributed by atoms with Gasteiger partial charge in [0.05, 0.1) is 12.6 Å². The summed E-state index contributed by atoms with van der Waals surface area (Å²) < 4.78 is 5.18. The number of carbonyl (C=O) groups excluding carboxylic acids is 1. The maximum absolute atomic E-state index is 11.7. The molecule has 0 aliphatic heterocycles. The van der Waals surface area contributed by atoms with E-state index in [4.69, 9.17) is 4.74 Å². The largest absolute Gasteiger partial charge is 0.450 e. The molecule has 4 heteroatoms. The lowest BCUT2D eigenvalue weighted by Gasteiger charge is -2.23. The van der Waals surface area contributed by atoms with E-state index in [-0.39, 0.29) is 0 Å². The van der Waals surface area contributed by atoms with Crippen LogP contribution in [0.15, 0.2) is 30.3 Å². The molecule has 1 rings (SSSR count). The Bertz CT molecular complexity index is 549. The first-order chi connectivity index (χ1) is 10.7. The van der Waals surface area contributed by atoms with Gasteiger partial charge in [-0.25, -0.2) is 4.79 Å². The highest BCUT2D eigenvalue weighted by molar-refractivity contribution is 5.88. The van der Waals surface area contributed by atoms with Crippen LogP contribution in [0.3, 0.4) is 0 Å². The van der Waals surface area contributed by atoms with Crippen molar-refractivity contribution in [2.45, 2.75) is 59.2 Å². The normalized spacial score (nSPS) is 12.7. The van der Waals surface area contributed by atoms with Gasteiger partial charge in [-0.1, -0.05) is 50.1 Å². The molecule has 0 spiro atoms. The SMILES string of the molecule is CC(C)CC(C#CC(=O)OC(C)(C)C)N(O)Cc1ccccc1. The molecule has 0 fully saturated rings. The van der Waals surface area contributed by atoms with Crippen molar-refractivity contribution in [1.29, 1.82) is 0 Å². The number of benzene rings is 1. The molecular weight excluding hydrogens is 290 g/mol. The fraction of sp³-hybridized carbons (Fsp3) is 0.526. The Morgan fingerprint density at radius 3 is 2.39 bits per heavy atom. The van der Waals surface area contributed by atoms with E-state index in [0.29, 0.717) is 18.9 Å². The fourth-order valence-electron chi connectivity index (χ4n) is 2.03. The molecule has 0 amide bonds. The highest BCUT2D eigenvalue weighted by atomic mass is 16.6. The number of nitrogens with zero attached hydrogens (tertiary/aromatic N) is 1. The topological polar surface area (TPSA) is 49.8 Å². The lowest BCUT2D eigenvalue weighted by molar-refractivity contribution is -0.147. The quantitative estimate of drug-likeness (QED) is 0.390. The molecule has 4 nitrogen and oxygen atoms in total. The second-order valence-electron chi connectivity index (χ2n) is 7.00. The highest BCUT2D eigenvalue weighted by Crippen LogP contribution is 2.13. The number of esters is 1. The fourth-order valence-corrected chi connectivity index (χ4v) is 2.03. The Labute approximate surface area is 139 Å². The number of ether oxygens (including phenoxy) is 1. The Balaban J connectivity index is 2.78. The summed E-state index contributed by atoms with van der Waals surface area (Å²) in [5.74, 6) is 5.12. The molecular formula is C19H27NO3. The highest BCUT2D eigenvalue weighted by Gasteiger charge is 2.18. The maximum Gasteiger partial charge on any atom is 0.384 e. The van der Waals surface area contributed by atoms with E-state index in [1.807, 2.05) is 30.3 Å². The molecule has 0 aliphatic carbocycles. The summed E-state index contributed by atoms with van der Waals surface area (Å²) in [6, 6.07) is 9.25. The predicted molar refractivity (Wildman–Crippen MR) is 90.6 cm³/mol. The molecule has 1 unspecified atom stereocenters. The van der Waals surface area contributed by atoms with Crippen LogP contribution in [0.5, 0.6) is 0 Å². The number of carbonyl (C=O) groups is 1. The van der Waals surface area contributed by atoms with Crippen LogP contribution in [-0.4, -0.2) is 27.9 Å². The minimum Gasteiger partial charge on any atom is -0.450 e. The molecule has 0 saturated heterocycles. The summed E-state index contributed by atoms with van der Waals surface area (Å²) in [5.41, 5.74) is 0.422. The van der Waals surface area contributed by atoms with Crippen molar-refractivity contribution in [2.75, 3.05) is 0 Å². The predicted octanol–water partition coefficient (Wildman–Crippen LogP) is 3.64. The van der Waals surface area contributed by atoms with E-state index in [9.17, 15) is 10.0 Å². The van der Waals surface area contributed by atoms with Gasteiger partial charge in [-0.2, -0.15) is 5.06 Å². The van der Waals surface area contributed by atoms with Crippen LogP contribution in [0.1, 0.15) is 46.6 Å². The van der Waals surface area contributed by atoms with Crippen LogP contribution >= 0.6 is 0 Å². The summed E-state index contributed by atoms with van der Waals surface area (Å²) >= 11 is 0. The molecule has 1 aromatic carbocycles. The average molecular weight is 317 g/mol. The van der Waals surface area contributed by atoms with Crippen LogP contribution in [0.2, 0.25) is 0 Å². The third-order valence-electron chi connectivity index (χ3n) is 2.98. The molecule has 0 heterocycles. The van der Waals surface area contributed by atoms with E-state index >= 15 is 0 Å². The molecule has 0 saturated carbocycles. The van der Waals surface area contributed by atoms with Gasteiger partial charge >= 0.3 is 5.97 Å². The minimum atomic E-state index is -0.570. The van der Waals surface area contributed by atoms with Crippen molar-refractivity contribution in [1.82, 2.24) is 5.06 Å². The van der Waals surface area contributed by atoms with Crippen molar-refractivity contribution in [3.63, 3.8) is 0 Å². The van der Waals surface area contributed by atoms with E-state index in [2.05, 4.69) is 25.7 Å². The molecule has 0 aliphatic rings. The zero-order valence-electron chi connectivity index (χ0n) is 14.7. The van der Waals surface area contributed by atoms with Gasteiger partial charge in [0.1, 0.15) is 5.60 Å². The van der Waals surface area contributed by atoms with Gasteiger partial charge in [0.25, 0.3) is 0 Å². The third kappa shape index (κ3) is 8.39. The summed E-state index contributed by atoms with van der Waals surface area (Å²) in [7, 11) is 0. The monoisotopic (exact) mass is 317 g/mol. The van der Waals surface area contributed by atoms with Crippen LogP contribution in [0.25, 0.3) is 0 Å². The van der Waals surface area contributed by atoms with Crippen LogP contribution in [-0.2, 0) is 16.1 Å². The lowest BCUT2D eigenvalue weighted by atomic mass is 10.0. The van der Waals surface area contributed by atoms with E-state index in [1.165, 1.54) is 5.06 Å². The van der Waals surface area contributed by atoms with Gasteiger partial charge in [0.15, 0.2) is 0 Å². The summed E-state index contributed by atoms with van der Waals surface area (Å²) in [6.45, 7) is 9.86. The minimum absolute atomic E-state index is 0.346. The zero-order chi connectivity index (χ0) is 17.5. The van der Waals surface area contributed by atoms with Gasteiger partial charge in [0, 0.05) is 5.92 Å². The van der Waals surface area contributed by atoms with E-state index < -0.39 is 17.6 Å². The van der Waals surface area contributed by atoms with Crippen molar-refractivity contribution in [3.05, 3.63) is 35.9 Å². The maximum atomic E-state index is 11.7. The first-order valence-corrected chi connectivity index (χ1v) is 7.91. The smallest absolute Gasteiger partial charge is 0.384 e. The van der Waals surface area contributed by atoms with Gasteiger partial charge in [-0.15, -0.1) is 0 Å². The van der Waals surface area contributed by atoms with Gasteiger partial charge in [0.2, 0.25) is 0 Å². The molecule has 0 bridgehead atoms. The van der Waals surface area contributed by atoms with Crippen LogP contribution in [0.4, 0.5) is 0 Å². The van der Waals surface area contributed by atoms with Crippen LogP contribution in [0, 0.1) is 17.8 Å². The molecule has 126 valence electrons. The molecule has 23 heavy (non-hydrogen) atoms. The second kappa shape index (κ2) is 8.71. The van der Waals surface area contributed by atoms with Crippen molar-refractivity contribution < 1.29 is 14.7 Å². The average Bonchev–Trinajstić information content (AvgIpc) is 2.42. The third-order valence-corrected chi connectivity index (χ3v) is 2.98. The molecule has 1 atom stereocenters. The number of hydroxylamine groups is 2. The van der Waals surface area contributed by atoms with Crippen molar-refractivity contribution >= 4 is 5.97 Å². The second-order valence-corrected chi connectivity index (χ2v) is 7.00. The first-order valence-electron chi connectivity index (χ1n) is 7.91. The van der Waals surface area contributed by atoms with Crippen LogP contribution < -0.4 is 0 Å². The van der Waals surface area contributed by atoms with Gasteiger partial charge in [-0.3, -0.25) is 0 Å². The number of rotatable bonds is 5. The standard InChI is InChI=1S/C19H27NO3/c1-15(2)13-17(11-12-18(21)23-19(3,4)5)20(22)14-16-9-7-6-8-10-16/h6-10,15,17,22H,13-14H2,1-5H3. The van der Waals surface area contributed by atoms with E-state index in [0.717, 1.165) is 5.56 Å². The number of hydrogen-bond donors (Lipinski definition) is 1. The van der Waals surface area contributed by atoms with Crippen molar-refractivity contribution in [3.8, 4) is 11.8 Å². The molecule has 0 aromatic heterocycles. The summed E-state index contributed by atoms with van der Waals surface area (Å²) in [6.07, 6.45) is 0.666. The Morgan fingerprint density at radius 1 is 1.26 bits per heavy atom. The zero-order valence-corrected chi connectivity index (χ0v) is 14.7. The first kappa shape index (κ1) is 19.2. The van der Waals surface area contributed by atoms with Gasteiger partial charge < -0.3 is 9.94 Å². The lowest BCUT2D eigenvalue weighted by Crippen LogP contribution is -2.32. The molecule has 1 N–H and O–H groups in total. The summed E-state index contributed by atoms with van der Waals surface area (Å²) in [4.78, 5) is 11.7. The van der Waals surface area contributed by atoms with Gasteiger partial charge in [-0.05, 0) is 38.7 Å². The molecule has 0 radical (unpaired) electrons. The van der Waals surface area contributed by atoms with Crippen molar-refractivity contribution in [2.24, 2.45) is 5.92 Å². The Morgan fingerprint density at radius 2 is 1.87 bits per heavy atom. The number of hydrogen-bond acceptors (Lipinski definition) is 4. The Hall–Kier alpha value is -1.83. The van der Waals surface area contributed by atoms with E-state index in [1.54, 1.807) is 20.8 Å². The molecule has 1 aromatic rings.